The number of H-pyrrole nitrogens is 1. The molecular weight excluding hydrogens is 683 g/mol. The second-order valence-electron chi connectivity index (χ2n) is 12.5. The van der Waals surface area contributed by atoms with Gasteiger partial charge in [-0.05, 0) is 33.4 Å². The van der Waals surface area contributed by atoms with Gasteiger partial charge in [-0.15, -0.1) is 0 Å². The number of hydrogen-bond donors (Lipinski definition) is 3. The molecule has 13 heteroatoms. The van der Waals surface area contributed by atoms with Crippen LogP contribution in [-0.4, -0.2) is 61.0 Å². The van der Waals surface area contributed by atoms with Gasteiger partial charge in [0.15, 0.2) is 11.4 Å². The van der Waals surface area contributed by atoms with Crippen molar-refractivity contribution < 1.29 is 33.7 Å². The molecule has 4 aromatic carbocycles. The fourth-order valence-electron chi connectivity index (χ4n) is 6.26. The van der Waals surface area contributed by atoms with E-state index in [-0.39, 0.29) is 44.3 Å². The number of benzene rings is 4. The predicted octanol–water partition coefficient (Wildman–Crippen LogP) is 5.86. The number of aliphatic hydroxyl groups excluding tert-OH is 1. The Morgan fingerprint density at radius 2 is 1.67 bits per heavy atom. The van der Waals surface area contributed by atoms with E-state index in [2.05, 4.69) is 20.5 Å². The summed E-state index contributed by atoms with van der Waals surface area (Å²) in [5, 5.41) is 19.6. The van der Waals surface area contributed by atoms with Gasteiger partial charge >= 0.3 is 6.09 Å². The molecule has 2 saturated heterocycles. The minimum absolute atomic E-state index is 0.0299. The first-order valence-electron chi connectivity index (χ1n) is 16.9. The Kier molecular flexibility index (Phi) is 11.0. The van der Waals surface area contributed by atoms with Crippen molar-refractivity contribution in [3.05, 3.63) is 137 Å². The molecule has 52 heavy (non-hydrogen) atoms. The van der Waals surface area contributed by atoms with Gasteiger partial charge in [0.25, 0.3) is 5.91 Å². The number of amides is 3. The number of nitrogens with zero attached hydrogens (tertiary/aromatic N) is 3. The molecule has 0 aliphatic carbocycles. The summed E-state index contributed by atoms with van der Waals surface area (Å²) in [6, 6.07) is 31.4. The number of rotatable bonds is 12. The quantitative estimate of drug-likeness (QED) is 0.106. The number of carbonyl (C=O) groups excluding carboxylic acids is 3. The van der Waals surface area contributed by atoms with Gasteiger partial charge in [-0.2, -0.15) is 5.10 Å². The maximum atomic E-state index is 13.3. The largest absolute Gasteiger partial charge is 0.445 e. The summed E-state index contributed by atoms with van der Waals surface area (Å²) in [6.45, 7) is 0.0837. The molecule has 1 unspecified atom stereocenters. The van der Waals surface area contributed by atoms with Gasteiger partial charge in [0.1, 0.15) is 19.0 Å². The second kappa shape index (κ2) is 16.3. The molecule has 7 rings (SSSR count). The summed E-state index contributed by atoms with van der Waals surface area (Å²) >= 11 is 1.53. The van der Waals surface area contributed by atoms with E-state index in [0.717, 1.165) is 38.9 Å². The van der Waals surface area contributed by atoms with Crippen molar-refractivity contribution in [3.63, 3.8) is 0 Å². The number of nitrogens with one attached hydrogen (secondary N) is 2. The van der Waals surface area contributed by atoms with Crippen LogP contribution in [0.15, 0.2) is 115 Å². The highest BCUT2D eigenvalue weighted by Crippen LogP contribution is 2.40. The predicted molar refractivity (Wildman–Crippen MR) is 191 cm³/mol. The molecule has 2 aliphatic heterocycles. The average Bonchev–Trinajstić information content (AvgIpc) is 3.81. The van der Waals surface area contributed by atoms with Crippen molar-refractivity contribution in [3.8, 4) is 11.1 Å². The van der Waals surface area contributed by atoms with E-state index in [1.54, 1.807) is 0 Å². The number of imide groups is 1. The van der Waals surface area contributed by atoms with Crippen LogP contribution in [0, 0.1) is 0 Å². The Hall–Kier alpha value is -5.34. The topological polar surface area (TPSA) is 156 Å². The maximum Gasteiger partial charge on any atom is 0.408 e. The third kappa shape index (κ3) is 8.40. The van der Waals surface area contributed by atoms with Crippen LogP contribution in [-0.2, 0) is 43.6 Å². The lowest BCUT2D eigenvalue weighted by molar-refractivity contribution is -0.245. The Morgan fingerprint density at radius 3 is 2.42 bits per heavy atom. The minimum Gasteiger partial charge on any atom is -0.445 e. The molecule has 0 saturated carbocycles. The molecule has 0 spiro atoms. The van der Waals surface area contributed by atoms with E-state index in [1.807, 2.05) is 103 Å². The SMILES string of the molecule is O=C(NC1CC(=O)N(Cc2ccccc2-c2ccc([C@@H]3O[C@H](CSc4ncn[nH]4)C[C@H](c4ccc(CO)cc4)O3)cc2)C1=O)OCc1ccccc1. The highest BCUT2D eigenvalue weighted by atomic mass is 32.2. The molecule has 5 aromatic rings. The summed E-state index contributed by atoms with van der Waals surface area (Å²) in [7, 11) is 0. The standard InChI is InChI=1S/C39H37N5O7S/c45-21-25-10-12-28(13-11-25)34-18-31(23-52-38-40-24-41-43-38)50-37(51-34)29-16-14-27(15-17-29)32-9-5-4-8-30(32)20-44-35(46)19-33(36(44)47)42-39(48)49-22-26-6-2-1-3-7-26/h1-17,24,31,33-34,37,45H,18-23H2,(H,42,48)(H,40,41,43)/t31-,33?,34+,37+/m0/s1. The summed E-state index contributed by atoms with van der Waals surface area (Å²) in [5.41, 5.74) is 6.01. The van der Waals surface area contributed by atoms with Crippen LogP contribution >= 0.6 is 11.8 Å². The van der Waals surface area contributed by atoms with E-state index in [9.17, 15) is 19.5 Å². The van der Waals surface area contributed by atoms with Gasteiger partial charge in [-0.3, -0.25) is 19.6 Å². The molecule has 266 valence electrons. The monoisotopic (exact) mass is 719 g/mol. The third-order valence-corrected chi connectivity index (χ3v) is 10.0. The molecule has 3 N–H and O–H groups in total. The maximum absolute atomic E-state index is 13.3. The Labute approximate surface area is 304 Å². The van der Waals surface area contributed by atoms with Gasteiger partial charge in [-0.1, -0.05) is 115 Å². The normalized spacial score (nSPS) is 20.2. The van der Waals surface area contributed by atoms with E-state index in [4.69, 9.17) is 14.2 Å². The first kappa shape index (κ1) is 35.1. The highest BCUT2D eigenvalue weighted by molar-refractivity contribution is 7.99. The van der Waals surface area contributed by atoms with E-state index < -0.39 is 24.3 Å². The number of aliphatic hydroxyl groups is 1. The van der Waals surface area contributed by atoms with Crippen molar-refractivity contribution in [2.24, 2.45) is 0 Å². The average molecular weight is 720 g/mol. The Bertz CT molecular complexity index is 1980. The Balaban J connectivity index is 1.03. The van der Waals surface area contributed by atoms with Gasteiger partial charge in [0.05, 0.1) is 31.8 Å². The summed E-state index contributed by atoms with van der Waals surface area (Å²) in [5.74, 6) is -0.202. The zero-order valence-electron chi connectivity index (χ0n) is 28.1. The smallest absolute Gasteiger partial charge is 0.408 e. The summed E-state index contributed by atoms with van der Waals surface area (Å²) < 4.78 is 18.2. The number of hydrogen-bond acceptors (Lipinski definition) is 10. The first-order chi connectivity index (χ1) is 25.4. The zero-order valence-corrected chi connectivity index (χ0v) is 28.9. The van der Waals surface area contributed by atoms with Crippen molar-refractivity contribution in [1.82, 2.24) is 25.4 Å². The van der Waals surface area contributed by atoms with Gasteiger partial charge < -0.3 is 24.6 Å². The lowest BCUT2D eigenvalue weighted by Gasteiger charge is -2.36. The lowest BCUT2D eigenvalue weighted by Crippen LogP contribution is -2.41. The van der Waals surface area contributed by atoms with Gasteiger partial charge in [0, 0.05) is 17.7 Å². The van der Waals surface area contributed by atoms with Crippen LogP contribution in [0.2, 0.25) is 0 Å². The molecule has 12 nitrogen and oxygen atoms in total. The number of ether oxygens (including phenoxy) is 3. The fraction of sp³-hybridized carbons (Fsp3) is 0.256. The lowest BCUT2D eigenvalue weighted by atomic mass is 9.97. The number of aromatic amines is 1. The van der Waals surface area contributed by atoms with Crippen molar-refractivity contribution >= 4 is 29.7 Å². The van der Waals surface area contributed by atoms with Gasteiger partial charge in [0.2, 0.25) is 5.91 Å². The first-order valence-corrected chi connectivity index (χ1v) is 17.9. The zero-order chi connectivity index (χ0) is 35.9. The van der Waals surface area contributed by atoms with E-state index in [0.29, 0.717) is 17.3 Å². The molecule has 2 aliphatic rings. The number of carbonyl (C=O) groups is 3. The molecule has 0 bridgehead atoms. The molecule has 3 amide bonds. The molecule has 2 fully saturated rings. The van der Waals surface area contributed by atoms with Crippen molar-refractivity contribution in [2.75, 3.05) is 5.75 Å². The summed E-state index contributed by atoms with van der Waals surface area (Å²) in [6.07, 6.45) is 0.216. The number of aromatic nitrogens is 3. The number of likely N-dealkylation sites (tertiary alicyclic amines) is 1. The summed E-state index contributed by atoms with van der Waals surface area (Å²) in [4.78, 5) is 44.1. The molecular formula is C39H37N5O7S. The van der Waals surface area contributed by atoms with Crippen molar-refractivity contribution in [2.45, 2.75) is 62.3 Å². The number of alkyl carbamates (subject to hydrolysis) is 1. The minimum atomic E-state index is -0.993. The van der Waals surface area contributed by atoms with Crippen molar-refractivity contribution in [1.29, 1.82) is 0 Å². The number of thioether (sulfide) groups is 1. The van der Waals surface area contributed by atoms with E-state index >= 15 is 0 Å². The van der Waals surface area contributed by atoms with Crippen LogP contribution < -0.4 is 5.32 Å². The van der Waals surface area contributed by atoms with E-state index in [1.165, 1.54) is 23.0 Å². The second-order valence-corrected chi connectivity index (χ2v) is 13.5. The van der Waals surface area contributed by atoms with Crippen LogP contribution in [0.3, 0.4) is 0 Å². The van der Waals surface area contributed by atoms with Crippen LogP contribution in [0.4, 0.5) is 4.79 Å². The molecule has 3 heterocycles. The highest BCUT2D eigenvalue weighted by Gasteiger charge is 2.40. The van der Waals surface area contributed by atoms with Crippen LogP contribution in [0.1, 0.15) is 53.1 Å². The van der Waals surface area contributed by atoms with Crippen LogP contribution in [0.25, 0.3) is 11.1 Å². The molecule has 1 aromatic heterocycles. The Morgan fingerprint density at radius 1 is 0.923 bits per heavy atom. The molecule has 4 atom stereocenters. The van der Waals surface area contributed by atoms with Gasteiger partial charge in [-0.25, -0.2) is 9.78 Å². The fourth-order valence-corrected chi connectivity index (χ4v) is 7.05. The van der Waals surface area contributed by atoms with Crippen LogP contribution in [0.5, 0.6) is 0 Å². The third-order valence-electron chi connectivity index (χ3n) is 9.00. The molecule has 0 radical (unpaired) electrons.